The summed E-state index contributed by atoms with van der Waals surface area (Å²) in [5.41, 5.74) is 0.909. The van der Waals surface area contributed by atoms with Crippen LogP contribution in [0.3, 0.4) is 0 Å². The van der Waals surface area contributed by atoms with Gasteiger partial charge in [0, 0.05) is 22.9 Å². The lowest BCUT2D eigenvalue weighted by molar-refractivity contribution is -0.130. The van der Waals surface area contributed by atoms with E-state index in [0.717, 1.165) is 29.0 Å². The van der Waals surface area contributed by atoms with E-state index in [4.69, 9.17) is 5.11 Å². The Morgan fingerprint density at radius 3 is 3.10 bits per heavy atom. The van der Waals surface area contributed by atoms with Crippen LogP contribution in [0.25, 0.3) is 0 Å². The number of rotatable bonds is 3. The molecule has 0 bridgehead atoms. The van der Waals surface area contributed by atoms with Crippen molar-refractivity contribution in [2.24, 2.45) is 0 Å². The summed E-state index contributed by atoms with van der Waals surface area (Å²) in [7, 11) is 1.87. The summed E-state index contributed by atoms with van der Waals surface area (Å²) in [6.07, 6.45) is 3.40. The number of aliphatic hydroxyl groups is 1. The van der Waals surface area contributed by atoms with Crippen molar-refractivity contribution in [3.05, 3.63) is 21.9 Å². The Hall–Kier alpha value is -0.960. The van der Waals surface area contributed by atoms with Crippen LogP contribution in [0, 0.1) is 11.8 Å². The van der Waals surface area contributed by atoms with Gasteiger partial charge in [0.05, 0.1) is 11.8 Å². The molecule has 2 heterocycles. The zero-order chi connectivity index (χ0) is 14.4. The Morgan fingerprint density at radius 1 is 1.55 bits per heavy atom. The number of carbonyl (C=O) groups is 1. The number of hydrogen-bond donors (Lipinski definition) is 1. The Bertz CT molecular complexity index is 509. The summed E-state index contributed by atoms with van der Waals surface area (Å²) in [5, 5.41) is 10.8. The molecule has 1 aromatic rings. The highest BCUT2D eigenvalue weighted by molar-refractivity contribution is 8.00. The molecule has 1 N–H and O–H groups in total. The molecule has 108 valence electrons. The number of carbonyl (C=O) groups excluding carboxylic acids is 1. The number of thiophene rings is 1. The lowest BCUT2D eigenvalue weighted by Gasteiger charge is -2.25. The van der Waals surface area contributed by atoms with E-state index in [0.29, 0.717) is 6.54 Å². The molecule has 3 nitrogen and oxygen atoms in total. The van der Waals surface area contributed by atoms with Crippen molar-refractivity contribution in [2.45, 2.75) is 31.1 Å². The lowest BCUT2D eigenvalue weighted by atomic mass is 10.1. The van der Waals surface area contributed by atoms with E-state index in [1.807, 2.05) is 23.4 Å². The zero-order valence-electron chi connectivity index (χ0n) is 11.6. The van der Waals surface area contributed by atoms with Gasteiger partial charge in [-0.05, 0) is 24.7 Å². The third-order valence-corrected chi connectivity index (χ3v) is 5.48. The van der Waals surface area contributed by atoms with Crippen molar-refractivity contribution in [3.8, 4) is 11.8 Å². The van der Waals surface area contributed by atoms with Gasteiger partial charge in [0.1, 0.15) is 6.61 Å². The Kier molecular flexibility index (Phi) is 5.96. The van der Waals surface area contributed by atoms with Gasteiger partial charge >= 0.3 is 0 Å². The molecule has 0 aromatic carbocycles. The summed E-state index contributed by atoms with van der Waals surface area (Å²) in [6.45, 7) is 0.518. The Balaban J connectivity index is 1.91. The topological polar surface area (TPSA) is 40.5 Å². The van der Waals surface area contributed by atoms with Crippen LogP contribution < -0.4 is 0 Å². The molecule has 1 saturated heterocycles. The highest BCUT2D eigenvalue weighted by atomic mass is 32.2. The number of nitrogens with zero attached hydrogens (tertiary/aromatic N) is 1. The van der Waals surface area contributed by atoms with Gasteiger partial charge in [-0.1, -0.05) is 18.3 Å². The molecule has 1 aliphatic heterocycles. The SMILES string of the molecule is CN(Cc1cc(C#CCO)cs1)C(=O)C1CCCCS1. The smallest absolute Gasteiger partial charge is 0.235 e. The molecule has 0 saturated carbocycles. The van der Waals surface area contributed by atoms with Crippen LogP contribution in [0.4, 0.5) is 0 Å². The number of aliphatic hydroxyl groups excluding tert-OH is 1. The minimum Gasteiger partial charge on any atom is -0.384 e. The monoisotopic (exact) mass is 309 g/mol. The van der Waals surface area contributed by atoms with E-state index in [1.54, 1.807) is 23.1 Å². The number of amides is 1. The Labute approximate surface area is 128 Å². The van der Waals surface area contributed by atoms with Crippen LogP contribution >= 0.6 is 23.1 Å². The van der Waals surface area contributed by atoms with Crippen LogP contribution in [0.5, 0.6) is 0 Å². The molecule has 2 rings (SSSR count). The summed E-state index contributed by atoms with van der Waals surface area (Å²) in [6, 6.07) is 1.99. The van der Waals surface area contributed by atoms with E-state index in [-0.39, 0.29) is 17.8 Å². The molecule has 1 atom stereocenters. The van der Waals surface area contributed by atoms with Crippen molar-refractivity contribution in [1.82, 2.24) is 4.90 Å². The first-order valence-electron chi connectivity index (χ1n) is 6.74. The quantitative estimate of drug-likeness (QED) is 0.871. The van der Waals surface area contributed by atoms with Gasteiger partial charge in [0.2, 0.25) is 5.91 Å². The summed E-state index contributed by atoms with van der Waals surface area (Å²) in [5.74, 6) is 6.86. The van der Waals surface area contributed by atoms with Gasteiger partial charge in [-0.2, -0.15) is 0 Å². The molecule has 1 fully saturated rings. The molecule has 1 amide bonds. The molecular formula is C15H19NO2S2. The van der Waals surface area contributed by atoms with Crippen molar-refractivity contribution in [1.29, 1.82) is 0 Å². The second-order valence-corrected chi connectivity index (χ2v) is 7.12. The molecule has 20 heavy (non-hydrogen) atoms. The van der Waals surface area contributed by atoms with Crippen LogP contribution in [0.2, 0.25) is 0 Å². The largest absolute Gasteiger partial charge is 0.384 e. The van der Waals surface area contributed by atoms with E-state index >= 15 is 0 Å². The third kappa shape index (κ3) is 4.27. The average molecular weight is 309 g/mol. The fourth-order valence-corrected chi connectivity index (χ4v) is 4.34. The first-order chi connectivity index (χ1) is 9.70. The number of hydrogen-bond acceptors (Lipinski definition) is 4. The fraction of sp³-hybridized carbons (Fsp3) is 0.533. The first kappa shape index (κ1) is 15.4. The normalized spacial score (nSPS) is 18.2. The predicted octanol–water partition coefficient (Wildman–Crippen LogP) is 2.34. The van der Waals surface area contributed by atoms with E-state index in [2.05, 4.69) is 11.8 Å². The van der Waals surface area contributed by atoms with Gasteiger partial charge in [-0.15, -0.1) is 23.1 Å². The molecule has 1 aliphatic rings. The highest BCUT2D eigenvalue weighted by Crippen LogP contribution is 2.27. The third-order valence-electron chi connectivity index (χ3n) is 3.19. The molecule has 0 radical (unpaired) electrons. The maximum absolute atomic E-state index is 12.3. The van der Waals surface area contributed by atoms with Crippen molar-refractivity contribution in [3.63, 3.8) is 0 Å². The summed E-state index contributed by atoms with van der Waals surface area (Å²) < 4.78 is 0. The Morgan fingerprint density at radius 2 is 2.40 bits per heavy atom. The predicted molar refractivity (Wildman–Crippen MR) is 84.9 cm³/mol. The second kappa shape index (κ2) is 7.72. The van der Waals surface area contributed by atoms with E-state index < -0.39 is 0 Å². The molecule has 5 heteroatoms. The van der Waals surface area contributed by atoms with Crippen molar-refractivity contribution >= 4 is 29.0 Å². The molecule has 1 aromatic heterocycles. The molecule has 1 unspecified atom stereocenters. The van der Waals surface area contributed by atoms with Crippen molar-refractivity contribution in [2.75, 3.05) is 19.4 Å². The second-order valence-electron chi connectivity index (χ2n) is 4.81. The van der Waals surface area contributed by atoms with Crippen LogP contribution in [0.15, 0.2) is 11.4 Å². The maximum Gasteiger partial charge on any atom is 0.235 e. The summed E-state index contributed by atoms with van der Waals surface area (Å²) in [4.78, 5) is 15.3. The van der Waals surface area contributed by atoms with E-state index in [1.165, 1.54) is 6.42 Å². The number of thioether (sulfide) groups is 1. The summed E-state index contributed by atoms with van der Waals surface area (Å²) >= 11 is 3.40. The fourth-order valence-electron chi connectivity index (χ4n) is 2.16. The van der Waals surface area contributed by atoms with Gasteiger partial charge in [0.15, 0.2) is 0 Å². The minimum absolute atomic E-state index is 0.123. The zero-order valence-corrected chi connectivity index (χ0v) is 13.2. The van der Waals surface area contributed by atoms with E-state index in [9.17, 15) is 4.79 Å². The average Bonchev–Trinajstić information content (AvgIpc) is 2.92. The standard InChI is InChI=1S/C15H19NO2S2/c1-16(15(18)14-6-2-3-8-19-14)10-13-9-12(11-20-13)5-4-7-17/h9,11,14,17H,2-3,6-8,10H2,1H3. The van der Waals surface area contributed by atoms with Crippen LogP contribution in [-0.2, 0) is 11.3 Å². The molecular weight excluding hydrogens is 290 g/mol. The van der Waals surface area contributed by atoms with Gasteiger partial charge in [-0.3, -0.25) is 4.79 Å². The highest BCUT2D eigenvalue weighted by Gasteiger charge is 2.24. The first-order valence-corrected chi connectivity index (χ1v) is 8.67. The molecule has 0 aliphatic carbocycles. The van der Waals surface area contributed by atoms with Crippen LogP contribution in [0.1, 0.15) is 29.7 Å². The maximum atomic E-state index is 12.3. The van der Waals surface area contributed by atoms with Crippen LogP contribution in [-0.4, -0.2) is 40.6 Å². The van der Waals surface area contributed by atoms with Gasteiger partial charge in [0.25, 0.3) is 0 Å². The molecule has 0 spiro atoms. The van der Waals surface area contributed by atoms with Gasteiger partial charge < -0.3 is 10.0 Å². The van der Waals surface area contributed by atoms with Gasteiger partial charge in [-0.25, -0.2) is 0 Å². The van der Waals surface area contributed by atoms with Crippen molar-refractivity contribution < 1.29 is 9.90 Å². The minimum atomic E-state index is -0.123. The lowest BCUT2D eigenvalue weighted by Crippen LogP contribution is -2.35.